The van der Waals surface area contributed by atoms with Gasteiger partial charge in [-0.15, -0.1) is 0 Å². The lowest BCUT2D eigenvalue weighted by atomic mass is 10.1. The van der Waals surface area contributed by atoms with Gasteiger partial charge in [0.2, 0.25) is 5.88 Å². The molecule has 6 heterocycles. The van der Waals surface area contributed by atoms with Crippen molar-refractivity contribution in [2.45, 2.75) is 13.0 Å². The molecule has 0 radical (unpaired) electrons. The zero-order valence-corrected chi connectivity index (χ0v) is 23.3. The van der Waals surface area contributed by atoms with Gasteiger partial charge in [0.05, 0.1) is 30.6 Å². The number of piperidine rings is 1. The topological polar surface area (TPSA) is 95.1 Å². The Balaban J connectivity index is 1.02. The van der Waals surface area contributed by atoms with Crippen LogP contribution in [0.2, 0.25) is 0 Å². The summed E-state index contributed by atoms with van der Waals surface area (Å²) in [6.07, 6.45) is 8.67. The molecule has 2 unspecified atom stereocenters. The van der Waals surface area contributed by atoms with E-state index in [4.69, 9.17) is 14.5 Å². The van der Waals surface area contributed by atoms with Crippen LogP contribution < -0.4 is 14.4 Å². The minimum Gasteiger partial charge on any atom is -0.491 e. The van der Waals surface area contributed by atoms with E-state index >= 15 is 0 Å². The zero-order chi connectivity index (χ0) is 27.8. The molecule has 0 aromatic carbocycles. The van der Waals surface area contributed by atoms with Crippen molar-refractivity contribution in [3.05, 3.63) is 66.2 Å². The normalized spacial score (nSPS) is 20.6. The smallest absolute Gasteiger partial charge is 0.212 e. The van der Waals surface area contributed by atoms with Crippen LogP contribution in [0.1, 0.15) is 17.5 Å². The second kappa shape index (κ2) is 11.0. The molecule has 2 saturated heterocycles. The third kappa shape index (κ3) is 5.43. The van der Waals surface area contributed by atoms with Gasteiger partial charge in [0.15, 0.2) is 0 Å². The van der Waals surface area contributed by atoms with Crippen LogP contribution in [0.4, 0.5) is 5.82 Å². The lowest BCUT2D eigenvalue weighted by Crippen LogP contribution is -2.46. The summed E-state index contributed by atoms with van der Waals surface area (Å²) < 4.78 is 13.1. The summed E-state index contributed by atoms with van der Waals surface area (Å²) in [5, 5.41) is 14.2. The van der Waals surface area contributed by atoms with Gasteiger partial charge in [-0.2, -0.15) is 10.4 Å². The first-order valence-corrected chi connectivity index (χ1v) is 14.4. The molecular formula is C31H34N8O2. The first-order chi connectivity index (χ1) is 20.2. The van der Waals surface area contributed by atoms with Gasteiger partial charge >= 0.3 is 0 Å². The number of rotatable bonds is 9. The molecule has 10 heteroatoms. The number of likely N-dealkylation sites (tertiary alicyclic amines) is 1. The van der Waals surface area contributed by atoms with Crippen LogP contribution >= 0.6 is 0 Å². The summed E-state index contributed by atoms with van der Waals surface area (Å²) in [6.45, 7) is 8.57. The number of fused-ring (bicyclic) bond motifs is 2. The number of hydrogen-bond donors (Lipinski definition) is 0. The summed E-state index contributed by atoms with van der Waals surface area (Å²) in [6, 6.07) is 12.4. The third-order valence-electron chi connectivity index (χ3n) is 8.61. The molecule has 0 amide bonds. The van der Waals surface area contributed by atoms with E-state index in [1.807, 2.05) is 30.7 Å². The standard InChI is InChI=1S/C31H34N8O2/c1-40-30-5-2-22(15-34-30)18-36-6-8-38(9-7-36)29-4-3-23(16-33-29)28-13-27(21-39-31(28)26(14-32)17-35-39)41-11-10-37-19-24-12-25(24)20-37/h2-5,13,15-17,21,24-25H,6-12,18-20H2,1H3. The molecule has 0 bridgehead atoms. The van der Waals surface area contributed by atoms with Crippen LogP contribution in [0.3, 0.4) is 0 Å². The molecule has 1 saturated carbocycles. The predicted octanol–water partition coefficient (Wildman–Crippen LogP) is 3.32. The third-order valence-corrected chi connectivity index (χ3v) is 8.61. The van der Waals surface area contributed by atoms with Crippen molar-refractivity contribution in [3.8, 4) is 28.8 Å². The Hall–Kier alpha value is -4.20. The number of pyridine rings is 3. The largest absolute Gasteiger partial charge is 0.491 e. The molecule has 0 spiro atoms. The van der Waals surface area contributed by atoms with E-state index in [9.17, 15) is 5.26 Å². The minimum absolute atomic E-state index is 0.537. The molecule has 210 valence electrons. The van der Waals surface area contributed by atoms with Gasteiger partial charge in [-0.1, -0.05) is 6.07 Å². The quantitative estimate of drug-likeness (QED) is 0.311. The van der Waals surface area contributed by atoms with E-state index in [2.05, 4.69) is 49.1 Å². The molecule has 7 rings (SSSR count). The van der Waals surface area contributed by atoms with Gasteiger partial charge in [0, 0.05) is 81.9 Å². The van der Waals surface area contributed by atoms with Crippen molar-refractivity contribution in [1.29, 1.82) is 5.26 Å². The first kappa shape index (κ1) is 25.7. The van der Waals surface area contributed by atoms with Crippen molar-refractivity contribution in [3.63, 3.8) is 0 Å². The maximum atomic E-state index is 9.73. The fourth-order valence-electron chi connectivity index (χ4n) is 6.20. The second-order valence-corrected chi connectivity index (χ2v) is 11.3. The van der Waals surface area contributed by atoms with Crippen molar-refractivity contribution >= 4 is 11.3 Å². The van der Waals surface area contributed by atoms with Gasteiger partial charge in [-0.05, 0) is 42.0 Å². The van der Waals surface area contributed by atoms with Crippen LogP contribution in [-0.2, 0) is 6.54 Å². The number of nitrogens with zero attached hydrogens (tertiary/aromatic N) is 8. The fraction of sp³-hybridized carbons (Fsp3) is 0.419. The van der Waals surface area contributed by atoms with E-state index in [0.29, 0.717) is 18.1 Å². The highest BCUT2D eigenvalue weighted by Crippen LogP contribution is 2.44. The van der Waals surface area contributed by atoms with Crippen LogP contribution in [0.15, 0.2) is 55.1 Å². The zero-order valence-electron chi connectivity index (χ0n) is 23.3. The highest BCUT2D eigenvalue weighted by atomic mass is 16.5. The lowest BCUT2D eigenvalue weighted by molar-refractivity contribution is 0.223. The second-order valence-electron chi connectivity index (χ2n) is 11.3. The maximum absolute atomic E-state index is 9.73. The number of nitriles is 1. The predicted molar refractivity (Wildman–Crippen MR) is 155 cm³/mol. The molecule has 3 fully saturated rings. The van der Waals surface area contributed by atoms with Gasteiger partial charge in [-0.3, -0.25) is 9.80 Å². The minimum atomic E-state index is 0.537. The van der Waals surface area contributed by atoms with E-state index in [1.54, 1.807) is 17.8 Å². The maximum Gasteiger partial charge on any atom is 0.212 e. The molecule has 3 aliphatic rings. The Morgan fingerprint density at radius 3 is 2.54 bits per heavy atom. The van der Waals surface area contributed by atoms with E-state index < -0.39 is 0 Å². The van der Waals surface area contributed by atoms with Crippen LogP contribution in [0, 0.1) is 23.2 Å². The molecule has 4 aromatic rings. The van der Waals surface area contributed by atoms with Crippen LogP contribution in [-0.4, -0.2) is 88.9 Å². The van der Waals surface area contributed by atoms with Gasteiger partial charge < -0.3 is 14.4 Å². The summed E-state index contributed by atoms with van der Waals surface area (Å²) >= 11 is 0. The van der Waals surface area contributed by atoms with Gasteiger partial charge in [0.1, 0.15) is 24.2 Å². The average Bonchev–Trinajstić information content (AvgIpc) is 3.41. The Morgan fingerprint density at radius 2 is 1.83 bits per heavy atom. The molecular weight excluding hydrogens is 516 g/mol. The van der Waals surface area contributed by atoms with Crippen molar-refractivity contribution in [2.75, 3.05) is 64.4 Å². The monoisotopic (exact) mass is 550 g/mol. The highest BCUT2D eigenvalue weighted by molar-refractivity contribution is 5.85. The van der Waals surface area contributed by atoms with Crippen LogP contribution in [0.5, 0.6) is 11.6 Å². The van der Waals surface area contributed by atoms with Crippen LogP contribution in [0.25, 0.3) is 16.6 Å². The van der Waals surface area contributed by atoms with Gasteiger partial charge in [-0.25, -0.2) is 14.5 Å². The number of ether oxygens (including phenoxy) is 2. The molecule has 2 atom stereocenters. The first-order valence-electron chi connectivity index (χ1n) is 14.4. The van der Waals surface area contributed by atoms with Crippen molar-refractivity contribution in [2.24, 2.45) is 11.8 Å². The molecule has 41 heavy (non-hydrogen) atoms. The average molecular weight is 551 g/mol. The summed E-state index contributed by atoms with van der Waals surface area (Å²) in [5.74, 6) is 4.18. The summed E-state index contributed by atoms with van der Waals surface area (Å²) in [7, 11) is 1.63. The van der Waals surface area contributed by atoms with E-state index in [-0.39, 0.29) is 0 Å². The van der Waals surface area contributed by atoms with E-state index in [0.717, 1.165) is 79.3 Å². The highest BCUT2D eigenvalue weighted by Gasteiger charge is 2.44. The number of anilines is 1. The Kier molecular flexibility index (Phi) is 6.90. The Labute approximate surface area is 239 Å². The van der Waals surface area contributed by atoms with E-state index in [1.165, 1.54) is 25.1 Å². The molecule has 1 aliphatic carbocycles. The Bertz CT molecular complexity index is 1540. The fourth-order valence-corrected chi connectivity index (χ4v) is 6.20. The van der Waals surface area contributed by atoms with Crippen molar-refractivity contribution < 1.29 is 9.47 Å². The SMILES string of the molecule is COc1ccc(CN2CCN(c3ccc(-c4cc(OCCN5CC6CC6C5)cn5ncc(C#N)c45)cn3)CC2)cn1. The summed E-state index contributed by atoms with van der Waals surface area (Å²) in [4.78, 5) is 16.4. The van der Waals surface area contributed by atoms with Crippen molar-refractivity contribution in [1.82, 2.24) is 29.4 Å². The van der Waals surface area contributed by atoms with Gasteiger partial charge in [0.25, 0.3) is 0 Å². The number of hydrogen-bond acceptors (Lipinski definition) is 9. The number of piperazine rings is 1. The summed E-state index contributed by atoms with van der Waals surface area (Å²) in [5.41, 5.74) is 4.33. The Morgan fingerprint density at radius 1 is 0.976 bits per heavy atom. The number of aromatic nitrogens is 4. The number of methoxy groups -OCH3 is 1. The molecule has 2 aliphatic heterocycles. The molecule has 4 aromatic heterocycles. The lowest BCUT2D eigenvalue weighted by Gasteiger charge is -2.35. The molecule has 0 N–H and O–H groups in total. The molecule has 10 nitrogen and oxygen atoms in total.